The quantitative estimate of drug-likeness (QED) is 0.497. The number of carbonyl (C=O) groups excluding carboxylic acids is 2. The van der Waals surface area contributed by atoms with E-state index in [0.29, 0.717) is 30.1 Å². The SMILES string of the molecule is CNC(=O)c1ccc(N2CCC(CC3CCN(C(=O)C(O)(c4cccc(C#N)c4)C(F)(F)F)CC3)CC2)nc1Cl. The Morgan fingerprint density at radius 1 is 1.10 bits per heavy atom. The Balaban J connectivity index is 1.32. The number of nitriles is 1. The lowest BCUT2D eigenvalue weighted by molar-refractivity contribution is -0.262. The van der Waals surface area contributed by atoms with Gasteiger partial charge in [0.2, 0.25) is 0 Å². The van der Waals surface area contributed by atoms with Crippen molar-refractivity contribution in [2.24, 2.45) is 11.8 Å². The number of piperidine rings is 2. The normalized spacial score (nSPS) is 18.6. The molecule has 2 amide bonds. The highest BCUT2D eigenvalue weighted by atomic mass is 35.5. The van der Waals surface area contributed by atoms with E-state index in [1.807, 2.05) is 0 Å². The van der Waals surface area contributed by atoms with Crippen molar-refractivity contribution in [3.8, 4) is 6.07 Å². The number of hydrogen-bond donors (Lipinski definition) is 2. The summed E-state index contributed by atoms with van der Waals surface area (Å²) in [5.41, 5.74) is -4.12. The molecule has 2 fully saturated rings. The van der Waals surface area contributed by atoms with E-state index in [4.69, 9.17) is 16.9 Å². The van der Waals surface area contributed by atoms with E-state index in [9.17, 15) is 27.9 Å². The lowest BCUT2D eigenvalue weighted by atomic mass is 9.82. The first kappa shape index (κ1) is 29.6. The van der Waals surface area contributed by atoms with E-state index in [-0.39, 0.29) is 35.6 Å². The minimum atomic E-state index is -5.25. The van der Waals surface area contributed by atoms with E-state index in [1.54, 1.807) is 18.2 Å². The number of anilines is 1. The second-order valence-electron chi connectivity index (χ2n) is 10.4. The van der Waals surface area contributed by atoms with Crippen molar-refractivity contribution in [3.63, 3.8) is 0 Å². The number of aromatic nitrogens is 1. The van der Waals surface area contributed by atoms with Crippen LogP contribution < -0.4 is 10.2 Å². The first-order valence-electron chi connectivity index (χ1n) is 13.2. The van der Waals surface area contributed by atoms with Crippen molar-refractivity contribution in [2.45, 2.75) is 43.9 Å². The van der Waals surface area contributed by atoms with Crippen molar-refractivity contribution in [3.05, 3.63) is 58.2 Å². The van der Waals surface area contributed by atoms with E-state index < -0.39 is 23.2 Å². The van der Waals surface area contributed by atoms with Crippen LogP contribution in [0.3, 0.4) is 0 Å². The molecular formula is C28H31ClF3N5O3. The molecule has 2 aliphatic rings. The highest BCUT2D eigenvalue weighted by Gasteiger charge is 2.62. The molecule has 0 bridgehead atoms. The molecule has 2 aromatic rings. The number of alkyl halides is 3. The van der Waals surface area contributed by atoms with Crippen molar-refractivity contribution in [1.82, 2.24) is 15.2 Å². The van der Waals surface area contributed by atoms with Gasteiger partial charge in [0, 0.05) is 38.8 Å². The van der Waals surface area contributed by atoms with E-state index >= 15 is 0 Å². The molecule has 0 radical (unpaired) electrons. The second-order valence-corrected chi connectivity index (χ2v) is 10.7. The number of carbonyl (C=O) groups is 2. The Morgan fingerprint density at radius 2 is 1.73 bits per heavy atom. The Labute approximate surface area is 235 Å². The summed E-state index contributed by atoms with van der Waals surface area (Å²) in [6.45, 7) is 1.79. The van der Waals surface area contributed by atoms with Gasteiger partial charge in [0.15, 0.2) is 0 Å². The van der Waals surface area contributed by atoms with Crippen LogP contribution in [0.5, 0.6) is 0 Å². The number of pyridine rings is 1. The zero-order valence-corrected chi connectivity index (χ0v) is 22.8. The van der Waals surface area contributed by atoms with Crippen molar-refractivity contribution in [2.75, 3.05) is 38.1 Å². The smallest absolute Gasteiger partial charge is 0.369 e. The van der Waals surface area contributed by atoms with Crippen LogP contribution in [0.2, 0.25) is 5.15 Å². The number of likely N-dealkylation sites (tertiary alicyclic amines) is 1. The van der Waals surface area contributed by atoms with E-state index in [2.05, 4.69) is 15.2 Å². The lowest BCUT2D eigenvalue weighted by Crippen LogP contribution is -2.57. The monoisotopic (exact) mass is 577 g/mol. The largest absolute Gasteiger partial charge is 0.430 e. The molecule has 0 saturated carbocycles. The van der Waals surface area contributed by atoms with Gasteiger partial charge in [0.1, 0.15) is 11.0 Å². The number of benzene rings is 1. The van der Waals surface area contributed by atoms with Crippen LogP contribution in [0.15, 0.2) is 36.4 Å². The van der Waals surface area contributed by atoms with Gasteiger partial charge in [-0.25, -0.2) is 4.98 Å². The molecule has 1 atom stereocenters. The first-order chi connectivity index (χ1) is 19.0. The molecule has 0 spiro atoms. The molecule has 2 N–H and O–H groups in total. The number of halogens is 4. The lowest BCUT2D eigenvalue weighted by Gasteiger charge is -2.40. The summed E-state index contributed by atoms with van der Waals surface area (Å²) >= 11 is 6.20. The molecule has 2 saturated heterocycles. The first-order valence-corrected chi connectivity index (χ1v) is 13.6. The summed E-state index contributed by atoms with van der Waals surface area (Å²) < 4.78 is 42.2. The minimum absolute atomic E-state index is 0.0717. The molecule has 1 unspecified atom stereocenters. The summed E-state index contributed by atoms with van der Waals surface area (Å²) in [5, 5.41) is 22.5. The fourth-order valence-corrected chi connectivity index (χ4v) is 5.83. The molecule has 4 rings (SSSR count). The van der Waals surface area contributed by atoms with Gasteiger partial charge >= 0.3 is 6.18 Å². The number of hydrogen-bond acceptors (Lipinski definition) is 6. The number of rotatable bonds is 6. The van der Waals surface area contributed by atoms with Crippen LogP contribution in [-0.2, 0) is 10.4 Å². The zero-order valence-electron chi connectivity index (χ0n) is 22.0. The predicted octanol–water partition coefficient (Wildman–Crippen LogP) is 4.26. The van der Waals surface area contributed by atoms with Crippen molar-refractivity contribution >= 4 is 29.2 Å². The van der Waals surface area contributed by atoms with Gasteiger partial charge in [-0.05, 0) is 68.2 Å². The molecule has 8 nitrogen and oxygen atoms in total. The van der Waals surface area contributed by atoms with Crippen molar-refractivity contribution in [1.29, 1.82) is 5.26 Å². The summed E-state index contributed by atoms with van der Waals surface area (Å²) in [7, 11) is 1.53. The number of aliphatic hydroxyl groups is 1. The molecule has 1 aromatic heterocycles. The summed E-state index contributed by atoms with van der Waals surface area (Å²) in [4.78, 5) is 32.5. The van der Waals surface area contributed by atoms with Crippen LogP contribution >= 0.6 is 11.6 Å². The highest BCUT2D eigenvalue weighted by molar-refractivity contribution is 6.32. The van der Waals surface area contributed by atoms with Gasteiger partial charge < -0.3 is 20.2 Å². The van der Waals surface area contributed by atoms with Crippen LogP contribution in [0.1, 0.15) is 53.6 Å². The van der Waals surface area contributed by atoms with Crippen molar-refractivity contribution < 1.29 is 27.9 Å². The summed E-state index contributed by atoms with van der Waals surface area (Å²) in [5.74, 6) is -0.298. The Hall–Kier alpha value is -3.36. The third-order valence-electron chi connectivity index (χ3n) is 7.94. The Morgan fingerprint density at radius 3 is 2.27 bits per heavy atom. The molecule has 1 aromatic carbocycles. The van der Waals surface area contributed by atoms with Gasteiger partial charge in [-0.2, -0.15) is 18.4 Å². The molecule has 12 heteroatoms. The third kappa shape index (κ3) is 6.03. The highest BCUT2D eigenvalue weighted by Crippen LogP contribution is 2.42. The number of nitrogens with zero attached hydrogens (tertiary/aromatic N) is 4. The predicted molar refractivity (Wildman–Crippen MR) is 143 cm³/mol. The zero-order chi connectivity index (χ0) is 29.1. The Kier molecular flexibility index (Phi) is 8.90. The maximum atomic E-state index is 14.1. The van der Waals surface area contributed by atoms with Gasteiger partial charge in [0.05, 0.1) is 17.2 Å². The van der Waals surface area contributed by atoms with Crippen LogP contribution in [0, 0.1) is 23.2 Å². The number of nitrogens with one attached hydrogen (secondary N) is 1. The molecule has 40 heavy (non-hydrogen) atoms. The average Bonchev–Trinajstić information content (AvgIpc) is 2.96. The fourth-order valence-electron chi connectivity index (χ4n) is 5.60. The molecule has 0 aliphatic carbocycles. The molecule has 214 valence electrons. The van der Waals surface area contributed by atoms with Crippen LogP contribution in [0.25, 0.3) is 0 Å². The van der Waals surface area contributed by atoms with Gasteiger partial charge in [-0.1, -0.05) is 23.7 Å². The third-order valence-corrected chi connectivity index (χ3v) is 8.23. The Bertz CT molecular complexity index is 1280. The average molecular weight is 578 g/mol. The molecule has 2 aliphatic heterocycles. The summed E-state index contributed by atoms with van der Waals surface area (Å²) in [6.07, 6.45) is -1.40. The van der Waals surface area contributed by atoms with Gasteiger partial charge in [0.25, 0.3) is 17.4 Å². The van der Waals surface area contributed by atoms with Gasteiger partial charge in [-0.15, -0.1) is 0 Å². The summed E-state index contributed by atoms with van der Waals surface area (Å²) in [6, 6.07) is 9.65. The maximum Gasteiger partial charge on any atom is 0.430 e. The second kappa shape index (κ2) is 12.0. The minimum Gasteiger partial charge on any atom is -0.369 e. The topological polar surface area (TPSA) is 110 Å². The van der Waals surface area contributed by atoms with Crippen LogP contribution in [0.4, 0.5) is 19.0 Å². The number of amides is 2. The maximum absolute atomic E-state index is 14.1. The van der Waals surface area contributed by atoms with E-state index in [0.717, 1.165) is 49.4 Å². The van der Waals surface area contributed by atoms with Crippen LogP contribution in [-0.4, -0.2) is 66.2 Å². The fraction of sp³-hybridized carbons (Fsp3) is 0.500. The van der Waals surface area contributed by atoms with E-state index in [1.165, 1.54) is 19.2 Å². The standard InChI is InChI=1S/C28H31ClF3N5O3/c1-34-25(38)22-5-6-23(35-24(22)29)36-11-7-18(8-12-36)15-19-9-13-37(14-10-19)26(39)27(40,28(30,31)32)21-4-2-3-20(16-21)17-33/h2-6,16,18-19,40H,7-15H2,1H3,(H,34,38). The van der Waals surface area contributed by atoms with Gasteiger partial charge in [-0.3, -0.25) is 9.59 Å². The molecule has 3 heterocycles. The molecular weight excluding hydrogens is 547 g/mol.